The molecular formula is C18H18F3N3O3. The number of Topliss-reactive ketones (excluding diaryl/α,β-unsaturated/α-hetero) is 1. The van der Waals surface area contributed by atoms with Gasteiger partial charge in [-0.1, -0.05) is 0 Å². The van der Waals surface area contributed by atoms with Gasteiger partial charge in [-0.2, -0.15) is 13.2 Å². The number of piperidine rings is 3. The third-order valence-electron chi connectivity index (χ3n) is 5.67. The molecule has 9 heteroatoms. The van der Waals surface area contributed by atoms with Gasteiger partial charge in [-0.15, -0.1) is 0 Å². The first-order chi connectivity index (χ1) is 12.8. The number of rotatable bonds is 3. The highest BCUT2D eigenvalue weighted by Crippen LogP contribution is 2.32. The van der Waals surface area contributed by atoms with Crippen LogP contribution in [0.5, 0.6) is 0 Å². The lowest BCUT2D eigenvalue weighted by atomic mass is 9.79. The average molecular weight is 381 g/mol. The molecule has 6 nitrogen and oxygen atoms in total. The number of furan rings is 1. The van der Waals surface area contributed by atoms with E-state index in [-0.39, 0.29) is 28.7 Å². The van der Waals surface area contributed by atoms with Crippen molar-refractivity contribution in [2.75, 3.05) is 13.1 Å². The summed E-state index contributed by atoms with van der Waals surface area (Å²) in [5, 5.41) is 2.90. The van der Waals surface area contributed by atoms with Crippen LogP contribution in [0, 0.1) is 5.92 Å². The number of halogens is 3. The zero-order valence-electron chi connectivity index (χ0n) is 14.5. The van der Waals surface area contributed by atoms with E-state index < -0.39 is 23.4 Å². The van der Waals surface area contributed by atoms with Crippen molar-refractivity contribution in [2.45, 2.75) is 38.0 Å². The summed E-state index contributed by atoms with van der Waals surface area (Å²) < 4.78 is 43.2. The number of fused-ring (bicyclic) bond motifs is 4. The molecule has 0 aliphatic carbocycles. The summed E-state index contributed by atoms with van der Waals surface area (Å²) in [6, 6.07) is 1.35. The number of nitrogens with zero attached hydrogens (tertiary/aromatic N) is 2. The van der Waals surface area contributed by atoms with Gasteiger partial charge in [0, 0.05) is 17.5 Å². The summed E-state index contributed by atoms with van der Waals surface area (Å²) in [6.45, 7) is 4.09. The summed E-state index contributed by atoms with van der Waals surface area (Å²) >= 11 is 0. The van der Waals surface area contributed by atoms with Gasteiger partial charge in [0.05, 0.1) is 11.8 Å². The molecule has 2 aromatic rings. The van der Waals surface area contributed by atoms with E-state index in [0.29, 0.717) is 5.92 Å². The summed E-state index contributed by atoms with van der Waals surface area (Å²) in [5.74, 6) is -2.09. The first kappa shape index (κ1) is 18.0. The summed E-state index contributed by atoms with van der Waals surface area (Å²) in [7, 11) is 0. The molecule has 0 saturated carbocycles. The number of hydrogen-bond acceptors (Lipinski definition) is 5. The Morgan fingerprint density at radius 1 is 1.30 bits per heavy atom. The third-order valence-corrected chi connectivity index (χ3v) is 5.67. The summed E-state index contributed by atoms with van der Waals surface area (Å²) in [6.07, 6.45) is -1.09. The number of aromatic nitrogens is 1. The van der Waals surface area contributed by atoms with Crippen LogP contribution in [-0.4, -0.2) is 52.9 Å². The van der Waals surface area contributed by atoms with E-state index in [1.807, 2.05) is 0 Å². The minimum absolute atomic E-state index is 0.0235. The van der Waals surface area contributed by atoms with Gasteiger partial charge in [0.1, 0.15) is 12.0 Å². The van der Waals surface area contributed by atoms with Gasteiger partial charge in [0.2, 0.25) is 0 Å². The van der Waals surface area contributed by atoms with Gasteiger partial charge in [-0.05, 0) is 44.8 Å². The van der Waals surface area contributed by atoms with Crippen LogP contribution >= 0.6 is 0 Å². The number of hydrogen-bond donors (Lipinski definition) is 1. The third kappa shape index (κ3) is 3.09. The number of pyridine rings is 1. The van der Waals surface area contributed by atoms with Crippen molar-refractivity contribution in [3.8, 4) is 0 Å². The van der Waals surface area contributed by atoms with Crippen LogP contribution in [0.15, 0.2) is 22.9 Å². The van der Waals surface area contributed by atoms with Gasteiger partial charge < -0.3 is 9.73 Å². The highest BCUT2D eigenvalue weighted by atomic mass is 19.4. The SMILES string of the molecule is CC1C(NC(=O)c2cc3c(C(=O)C(F)(F)F)coc3cn2)C2CCN1CC2. The highest BCUT2D eigenvalue weighted by Gasteiger charge is 2.42. The van der Waals surface area contributed by atoms with E-state index in [4.69, 9.17) is 4.42 Å². The van der Waals surface area contributed by atoms with Gasteiger partial charge in [-0.3, -0.25) is 14.5 Å². The molecule has 2 bridgehead atoms. The molecule has 1 N–H and O–H groups in total. The molecule has 3 fully saturated rings. The Morgan fingerprint density at radius 2 is 2.00 bits per heavy atom. The Labute approximate surface area is 152 Å². The Kier molecular flexibility index (Phi) is 4.21. The number of ketones is 1. The standard InChI is InChI=1S/C18H18F3N3O3/c1-9-15(10-2-4-24(9)5-3-10)23-17(26)13-6-11-12(16(25)18(19,20)21)8-27-14(11)7-22-13/h6-10,15H,2-5H2,1H3,(H,23,26). The van der Waals surface area contributed by atoms with Crippen molar-refractivity contribution in [1.82, 2.24) is 15.2 Å². The van der Waals surface area contributed by atoms with E-state index >= 15 is 0 Å². The molecule has 2 atom stereocenters. The molecule has 3 saturated heterocycles. The van der Waals surface area contributed by atoms with Crippen molar-refractivity contribution in [3.63, 3.8) is 0 Å². The quantitative estimate of drug-likeness (QED) is 0.828. The van der Waals surface area contributed by atoms with Gasteiger partial charge in [0.25, 0.3) is 11.7 Å². The average Bonchev–Trinajstić information content (AvgIpc) is 3.06. The van der Waals surface area contributed by atoms with Crippen molar-refractivity contribution in [1.29, 1.82) is 0 Å². The second-order valence-corrected chi connectivity index (χ2v) is 7.16. The smallest absolute Gasteiger partial charge is 0.455 e. The van der Waals surface area contributed by atoms with Gasteiger partial charge >= 0.3 is 6.18 Å². The Bertz CT molecular complexity index is 898. The molecule has 0 radical (unpaired) electrons. The van der Waals surface area contributed by atoms with Crippen LogP contribution in [-0.2, 0) is 0 Å². The monoisotopic (exact) mass is 381 g/mol. The van der Waals surface area contributed by atoms with Gasteiger partial charge in [0.15, 0.2) is 5.58 Å². The number of carbonyl (C=O) groups excluding carboxylic acids is 2. The van der Waals surface area contributed by atoms with Crippen molar-refractivity contribution < 1.29 is 27.2 Å². The van der Waals surface area contributed by atoms with Crippen LogP contribution in [0.1, 0.15) is 40.6 Å². The zero-order chi connectivity index (χ0) is 19.3. The van der Waals surface area contributed by atoms with Crippen molar-refractivity contribution >= 4 is 22.7 Å². The fourth-order valence-electron chi connectivity index (χ4n) is 4.16. The highest BCUT2D eigenvalue weighted by molar-refractivity contribution is 6.10. The molecule has 5 rings (SSSR count). The maximum atomic E-state index is 12.7. The van der Waals surface area contributed by atoms with Gasteiger partial charge in [-0.25, -0.2) is 4.98 Å². The van der Waals surface area contributed by atoms with Crippen LogP contribution in [0.3, 0.4) is 0 Å². The fraction of sp³-hybridized carbons (Fsp3) is 0.500. The predicted molar refractivity (Wildman–Crippen MR) is 89.4 cm³/mol. The Morgan fingerprint density at radius 3 is 2.63 bits per heavy atom. The minimum Gasteiger partial charge on any atom is -0.462 e. The zero-order valence-corrected chi connectivity index (χ0v) is 14.5. The van der Waals surface area contributed by atoms with Crippen molar-refractivity contribution in [2.24, 2.45) is 5.92 Å². The topological polar surface area (TPSA) is 75.4 Å². The largest absolute Gasteiger partial charge is 0.462 e. The lowest BCUT2D eigenvalue weighted by Crippen LogP contribution is -2.62. The maximum absolute atomic E-state index is 12.7. The van der Waals surface area contributed by atoms with Crippen LogP contribution in [0.25, 0.3) is 11.0 Å². The number of nitrogens with one attached hydrogen (secondary N) is 1. The van der Waals surface area contributed by atoms with E-state index in [1.54, 1.807) is 0 Å². The summed E-state index contributed by atoms with van der Waals surface area (Å²) in [4.78, 5) is 30.5. The number of alkyl halides is 3. The predicted octanol–water partition coefficient (Wildman–Crippen LogP) is 2.79. The molecule has 2 aromatic heterocycles. The molecule has 1 amide bonds. The molecule has 27 heavy (non-hydrogen) atoms. The molecule has 0 aromatic carbocycles. The minimum atomic E-state index is -5.02. The first-order valence-electron chi connectivity index (χ1n) is 8.79. The van der Waals surface area contributed by atoms with E-state index in [2.05, 4.69) is 22.1 Å². The number of amides is 1. The maximum Gasteiger partial charge on any atom is 0.455 e. The Hall–Kier alpha value is -2.42. The molecule has 3 aliphatic rings. The second kappa shape index (κ2) is 6.33. The lowest BCUT2D eigenvalue weighted by molar-refractivity contribution is -0.0884. The second-order valence-electron chi connectivity index (χ2n) is 7.16. The van der Waals surface area contributed by atoms with Crippen molar-refractivity contribution in [3.05, 3.63) is 29.8 Å². The van der Waals surface area contributed by atoms with Crippen LogP contribution in [0.2, 0.25) is 0 Å². The normalized spacial score (nSPS) is 27.7. The lowest BCUT2D eigenvalue weighted by Gasteiger charge is -2.49. The van der Waals surface area contributed by atoms with Crippen LogP contribution < -0.4 is 5.32 Å². The molecule has 3 aliphatic heterocycles. The number of carbonyl (C=O) groups is 2. The molecule has 0 spiro atoms. The van der Waals surface area contributed by atoms with E-state index in [0.717, 1.165) is 38.4 Å². The molecule has 144 valence electrons. The van der Waals surface area contributed by atoms with Crippen LogP contribution in [0.4, 0.5) is 13.2 Å². The Balaban J connectivity index is 1.60. The summed E-state index contributed by atoms with van der Waals surface area (Å²) in [5.41, 5.74) is -0.635. The van der Waals surface area contributed by atoms with E-state index in [1.165, 1.54) is 6.07 Å². The fourth-order valence-corrected chi connectivity index (χ4v) is 4.16. The molecule has 5 heterocycles. The van der Waals surface area contributed by atoms with E-state index in [9.17, 15) is 22.8 Å². The molecular weight excluding hydrogens is 363 g/mol. The first-order valence-corrected chi connectivity index (χ1v) is 8.79. The molecule has 2 unspecified atom stereocenters.